The number of rotatable bonds is 3. The minimum absolute atomic E-state index is 0.00168. The fraction of sp³-hybridized carbons (Fsp3) is 0.364. The largest absolute Gasteiger partial charge is 0.378 e. The Morgan fingerprint density at radius 3 is 2.80 bits per heavy atom. The highest BCUT2D eigenvalue weighted by Crippen LogP contribution is 2.32. The van der Waals surface area contributed by atoms with Crippen molar-refractivity contribution in [2.45, 2.75) is 0 Å². The molecule has 0 radical (unpaired) electrons. The maximum Gasteiger partial charge on any atom is 0.270 e. The van der Waals surface area contributed by atoms with Crippen molar-refractivity contribution in [3.8, 4) is 11.4 Å². The van der Waals surface area contributed by atoms with Crippen molar-refractivity contribution >= 4 is 11.4 Å². The van der Waals surface area contributed by atoms with Crippen molar-refractivity contribution in [2.24, 2.45) is 0 Å². The summed E-state index contributed by atoms with van der Waals surface area (Å²) in [6, 6.07) is 4.67. The molecule has 0 aliphatic carbocycles. The molecule has 3 rings (SSSR count). The molecule has 1 fully saturated rings. The van der Waals surface area contributed by atoms with Gasteiger partial charge in [0.05, 0.1) is 23.7 Å². The first-order valence-corrected chi connectivity index (χ1v) is 6.10. The van der Waals surface area contributed by atoms with Gasteiger partial charge in [-0.3, -0.25) is 10.1 Å². The first-order chi connectivity index (χ1) is 9.75. The Hall–Kier alpha value is -2.55. The standard InChI is InChI=1S/C11H12N6O3/c18-17(19)8-1-2-10(16-3-5-20-6-4-16)9(7-8)11-12-14-15-13-11/h1-2,7H,3-6H2,(H,12,13,14,15). The van der Waals surface area contributed by atoms with Crippen molar-refractivity contribution in [3.05, 3.63) is 28.3 Å². The third-order valence-electron chi connectivity index (χ3n) is 3.13. The van der Waals surface area contributed by atoms with Gasteiger partial charge in [0.1, 0.15) is 0 Å². The number of aromatic nitrogens is 4. The number of morpholine rings is 1. The number of H-pyrrole nitrogens is 1. The number of hydrogen-bond acceptors (Lipinski definition) is 7. The minimum atomic E-state index is -0.438. The highest BCUT2D eigenvalue weighted by Gasteiger charge is 2.20. The van der Waals surface area contributed by atoms with Crippen molar-refractivity contribution in [2.75, 3.05) is 31.2 Å². The summed E-state index contributed by atoms with van der Waals surface area (Å²) < 4.78 is 5.31. The number of aromatic amines is 1. The lowest BCUT2D eigenvalue weighted by atomic mass is 10.1. The molecule has 0 saturated carbocycles. The summed E-state index contributed by atoms with van der Waals surface area (Å²) in [4.78, 5) is 12.6. The van der Waals surface area contributed by atoms with Crippen LogP contribution in [0.2, 0.25) is 0 Å². The number of ether oxygens (including phenoxy) is 1. The van der Waals surface area contributed by atoms with Crippen LogP contribution in [0, 0.1) is 10.1 Å². The van der Waals surface area contributed by atoms with E-state index in [1.807, 2.05) is 0 Å². The Labute approximate surface area is 113 Å². The zero-order chi connectivity index (χ0) is 13.9. The Bertz CT molecular complexity index is 609. The number of nitrogens with one attached hydrogen (secondary N) is 1. The van der Waals surface area contributed by atoms with Gasteiger partial charge in [-0.05, 0) is 11.3 Å². The molecule has 9 nitrogen and oxygen atoms in total. The lowest BCUT2D eigenvalue weighted by molar-refractivity contribution is -0.384. The van der Waals surface area contributed by atoms with Crippen LogP contribution in [0.25, 0.3) is 11.4 Å². The van der Waals surface area contributed by atoms with E-state index in [0.29, 0.717) is 24.6 Å². The molecule has 0 unspecified atom stereocenters. The van der Waals surface area contributed by atoms with E-state index in [1.54, 1.807) is 6.07 Å². The van der Waals surface area contributed by atoms with Gasteiger partial charge in [0.2, 0.25) is 5.82 Å². The molecule has 2 heterocycles. The van der Waals surface area contributed by atoms with E-state index in [0.717, 1.165) is 18.8 Å². The predicted molar refractivity (Wildman–Crippen MR) is 69.3 cm³/mol. The van der Waals surface area contributed by atoms with Crippen molar-refractivity contribution in [3.63, 3.8) is 0 Å². The summed E-state index contributed by atoms with van der Waals surface area (Å²) in [5.41, 5.74) is 1.44. The van der Waals surface area contributed by atoms with Crippen LogP contribution in [0.4, 0.5) is 11.4 Å². The van der Waals surface area contributed by atoms with Gasteiger partial charge in [0.15, 0.2) is 0 Å². The number of nitro benzene ring substituents is 1. The van der Waals surface area contributed by atoms with E-state index in [2.05, 4.69) is 25.5 Å². The molecule has 1 aromatic carbocycles. The molecule has 20 heavy (non-hydrogen) atoms. The molecule has 1 N–H and O–H groups in total. The number of tetrazole rings is 1. The fourth-order valence-electron chi connectivity index (χ4n) is 2.17. The molecule has 2 aromatic rings. The smallest absolute Gasteiger partial charge is 0.270 e. The van der Waals surface area contributed by atoms with Gasteiger partial charge in [-0.15, -0.1) is 10.2 Å². The van der Waals surface area contributed by atoms with E-state index in [1.165, 1.54) is 12.1 Å². The van der Waals surface area contributed by atoms with E-state index in [-0.39, 0.29) is 5.69 Å². The Morgan fingerprint density at radius 2 is 2.15 bits per heavy atom. The number of non-ortho nitro benzene ring substituents is 1. The molecule has 0 amide bonds. The predicted octanol–water partition coefficient (Wildman–Crippen LogP) is 0.611. The molecule has 1 aromatic heterocycles. The van der Waals surface area contributed by atoms with Gasteiger partial charge in [-0.25, -0.2) is 0 Å². The van der Waals surface area contributed by atoms with Gasteiger partial charge in [-0.2, -0.15) is 5.21 Å². The third-order valence-corrected chi connectivity index (χ3v) is 3.13. The van der Waals surface area contributed by atoms with Crippen LogP contribution in [0.5, 0.6) is 0 Å². The van der Waals surface area contributed by atoms with E-state index in [4.69, 9.17) is 4.74 Å². The Kier molecular flexibility index (Phi) is 3.25. The van der Waals surface area contributed by atoms with Crippen LogP contribution in [0.15, 0.2) is 18.2 Å². The summed E-state index contributed by atoms with van der Waals surface area (Å²) in [5, 5.41) is 24.6. The molecule has 0 bridgehead atoms. The molecule has 1 saturated heterocycles. The van der Waals surface area contributed by atoms with Crippen LogP contribution >= 0.6 is 0 Å². The quantitative estimate of drug-likeness (QED) is 0.646. The zero-order valence-electron chi connectivity index (χ0n) is 10.5. The lowest BCUT2D eigenvalue weighted by Gasteiger charge is -2.29. The van der Waals surface area contributed by atoms with Crippen molar-refractivity contribution < 1.29 is 9.66 Å². The molecule has 104 valence electrons. The number of nitrogens with zero attached hydrogens (tertiary/aromatic N) is 5. The van der Waals surface area contributed by atoms with Crippen LogP contribution in [-0.2, 0) is 4.74 Å². The number of hydrogen-bond donors (Lipinski definition) is 1. The van der Waals surface area contributed by atoms with E-state index >= 15 is 0 Å². The topological polar surface area (TPSA) is 110 Å². The monoisotopic (exact) mass is 276 g/mol. The van der Waals surface area contributed by atoms with E-state index < -0.39 is 4.92 Å². The molecule has 1 aliphatic heterocycles. The number of benzene rings is 1. The minimum Gasteiger partial charge on any atom is -0.378 e. The summed E-state index contributed by atoms with van der Waals surface area (Å²) >= 11 is 0. The van der Waals surface area contributed by atoms with Crippen LogP contribution < -0.4 is 4.90 Å². The molecule has 9 heteroatoms. The summed E-state index contributed by atoms with van der Waals surface area (Å²) in [5.74, 6) is 0.343. The SMILES string of the molecule is O=[N+]([O-])c1ccc(N2CCOCC2)c(-c2nn[nH]n2)c1. The third kappa shape index (κ3) is 2.30. The zero-order valence-corrected chi connectivity index (χ0v) is 10.5. The molecular formula is C11H12N6O3. The highest BCUT2D eigenvalue weighted by atomic mass is 16.6. The molecular weight excluding hydrogens is 264 g/mol. The Balaban J connectivity index is 2.06. The van der Waals surface area contributed by atoms with Gasteiger partial charge in [0, 0.05) is 30.9 Å². The van der Waals surface area contributed by atoms with Crippen LogP contribution in [0.3, 0.4) is 0 Å². The van der Waals surface area contributed by atoms with Crippen LogP contribution in [-0.4, -0.2) is 51.9 Å². The average Bonchev–Trinajstić information content (AvgIpc) is 3.01. The number of nitro groups is 1. The maximum absolute atomic E-state index is 10.9. The molecule has 1 aliphatic rings. The van der Waals surface area contributed by atoms with Gasteiger partial charge >= 0.3 is 0 Å². The van der Waals surface area contributed by atoms with Gasteiger partial charge < -0.3 is 9.64 Å². The van der Waals surface area contributed by atoms with Crippen molar-refractivity contribution in [1.82, 2.24) is 20.6 Å². The highest BCUT2D eigenvalue weighted by molar-refractivity contribution is 5.76. The van der Waals surface area contributed by atoms with Gasteiger partial charge in [0.25, 0.3) is 5.69 Å². The second-order valence-corrected chi connectivity index (χ2v) is 4.29. The maximum atomic E-state index is 10.9. The second kappa shape index (κ2) is 5.21. The second-order valence-electron chi connectivity index (χ2n) is 4.29. The summed E-state index contributed by atoms with van der Waals surface area (Å²) in [6.45, 7) is 2.71. The normalized spacial score (nSPS) is 15.3. The summed E-state index contributed by atoms with van der Waals surface area (Å²) in [6.07, 6.45) is 0. The van der Waals surface area contributed by atoms with E-state index in [9.17, 15) is 10.1 Å². The molecule has 0 spiro atoms. The number of anilines is 1. The first kappa shape index (κ1) is 12.5. The Morgan fingerprint density at radius 1 is 1.35 bits per heavy atom. The summed E-state index contributed by atoms with van der Waals surface area (Å²) in [7, 11) is 0. The average molecular weight is 276 g/mol. The fourth-order valence-corrected chi connectivity index (χ4v) is 2.17. The van der Waals surface area contributed by atoms with Gasteiger partial charge in [-0.1, -0.05) is 0 Å². The molecule has 0 atom stereocenters. The first-order valence-electron chi connectivity index (χ1n) is 6.10. The van der Waals surface area contributed by atoms with Crippen LogP contribution in [0.1, 0.15) is 0 Å². The lowest BCUT2D eigenvalue weighted by Crippen LogP contribution is -2.36. The van der Waals surface area contributed by atoms with Crippen molar-refractivity contribution in [1.29, 1.82) is 0 Å².